The van der Waals surface area contributed by atoms with E-state index >= 15 is 0 Å². The molecular formula is C23H18ClFN2O4S. The largest absolute Gasteiger partial charge is 0.467 e. The van der Waals surface area contributed by atoms with Crippen LogP contribution in [0.5, 0.6) is 0 Å². The van der Waals surface area contributed by atoms with Crippen LogP contribution in [0.4, 0.5) is 15.8 Å². The van der Waals surface area contributed by atoms with Crippen molar-refractivity contribution in [2.45, 2.75) is 30.2 Å². The highest BCUT2D eigenvalue weighted by Crippen LogP contribution is 2.47. The summed E-state index contributed by atoms with van der Waals surface area (Å²) in [6.45, 7) is 0. The molecule has 1 atom stereocenters. The summed E-state index contributed by atoms with van der Waals surface area (Å²) in [6.07, 6.45) is 3.01. The summed E-state index contributed by atoms with van der Waals surface area (Å²) in [5.74, 6) is -0.563. The predicted octanol–water partition coefficient (Wildman–Crippen LogP) is 5.44. The molecule has 2 heterocycles. The molecule has 1 aliphatic heterocycles. The van der Waals surface area contributed by atoms with Gasteiger partial charge in [-0.3, -0.25) is 4.79 Å². The summed E-state index contributed by atoms with van der Waals surface area (Å²) in [5.41, 5.74) is 1.90. The zero-order chi connectivity index (χ0) is 22.5. The van der Waals surface area contributed by atoms with Gasteiger partial charge in [0.15, 0.2) is 5.78 Å². The van der Waals surface area contributed by atoms with E-state index in [1.54, 1.807) is 36.4 Å². The zero-order valence-corrected chi connectivity index (χ0v) is 18.3. The second-order valence-corrected chi connectivity index (χ2v) is 9.83. The Morgan fingerprint density at radius 3 is 2.66 bits per heavy atom. The van der Waals surface area contributed by atoms with Crippen LogP contribution in [0.2, 0.25) is 5.02 Å². The average Bonchev–Trinajstić information content (AvgIpc) is 3.24. The normalized spacial score (nSPS) is 18.6. The molecule has 5 rings (SSSR count). The SMILES string of the molecule is O=C1CCCC2=C1[C@H](c1ccco1)N(S(=O)(=O)c1ccc(F)c(Cl)c1)c1ccccc1N2. The number of para-hydroxylation sites is 2. The number of benzene rings is 2. The van der Waals surface area contributed by atoms with Gasteiger partial charge in [0.2, 0.25) is 0 Å². The molecule has 1 aromatic heterocycles. The summed E-state index contributed by atoms with van der Waals surface area (Å²) in [5, 5.41) is 2.97. The molecule has 0 fully saturated rings. The van der Waals surface area contributed by atoms with E-state index in [0.29, 0.717) is 47.7 Å². The van der Waals surface area contributed by atoms with Crippen LogP contribution in [0, 0.1) is 5.82 Å². The van der Waals surface area contributed by atoms with Gasteiger partial charge in [-0.2, -0.15) is 0 Å². The molecular weight excluding hydrogens is 455 g/mol. The fourth-order valence-corrected chi connectivity index (χ4v) is 6.11. The molecule has 164 valence electrons. The van der Waals surface area contributed by atoms with Gasteiger partial charge in [0.05, 0.1) is 27.6 Å². The molecule has 9 heteroatoms. The lowest BCUT2D eigenvalue weighted by atomic mass is 9.89. The van der Waals surface area contributed by atoms with Crippen LogP contribution in [0.25, 0.3) is 0 Å². The Morgan fingerprint density at radius 1 is 1.09 bits per heavy atom. The number of hydrogen-bond acceptors (Lipinski definition) is 5. The van der Waals surface area contributed by atoms with E-state index in [4.69, 9.17) is 16.0 Å². The Kier molecular flexibility index (Phi) is 5.06. The Hall–Kier alpha value is -3.10. The Morgan fingerprint density at radius 2 is 1.91 bits per heavy atom. The van der Waals surface area contributed by atoms with Crippen LogP contribution < -0.4 is 9.62 Å². The summed E-state index contributed by atoms with van der Waals surface area (Å²) in [7, 11) is -4.29. The van der Waals surface area contributed by atoms with Crippen molar-refractivity contribution in [3.05, 3.63) is 88.7 Å². The molecule has 6 nitrogen and oxygen atoms in total. The minimum atomic E-state index is -4.29. The van der Waals surface area contributed by atoms with E-state index in [-0.39, 0.29) is 15.7 Å². The van der Waals surface area contributed by atoms with Gasteiger partial charge in [0.1, 0.15) is 17.6 Å². The molecule has 0 radical (unpaired) electrons. The van der Waals surface area contributed by atoms with E-state index in [1.165, 1.54) is 10.6 Å². The molecule has 32 heavy (non-hydrogen) atoms. The second kappa shape index (κ2) is 7.79. The highest BCUT2D eigenvalue weighted by atomic mass is 35.5. The molecule has 1 N–H and O–H groups in total. The van der Waals surface area contributed by atoms with E-state index in [2.05, 4.69) is 5.32 Å². The summed E-state index contributed by atoms with van der Waals surface area (Å²) in [6, 6.07) is 12.4. The number of anilines is 2. The third kappa shape index (κ3) is 3.30. The number of fused-ring (bicyclic) bond motifs is 1. The number of Topliss-reactive ketones (excluding diaryl/α,β-unsaturated/α-hetero) is 1. The number of hydrogen-bond donors (Lipinski definition) is 1. The van der Waals surface area contributed by atoms with Crippen molar-refractivity contribution < 1.29 is 22.0 Å². The molecule has 0 spiro atoms. The predicted molar refractivity (Wildman–Crippen MR) is 118 cm³/mol. The lowest BCUT2D eigenvalue weighted by Gasteiger charge is -2.33. The van der Waals surface area contributed by atoms with Crippen molar-refractivity contribution in [3.63, 3.8) is 0 Å². The number of carbonyl (C=O) groups excluding carboxylic acids is 1. The maximum Gasteiger partial charge on any atom is 0.265 e. The average molecular weight is 473 g/mol. The van der Waals surface area contributed by atoms with Crippen LogP contribution in [0.3, 0.4) is 0 Å². The Bertz CT molecular complexity index is 1350. The lowest BCUT2D eigenvalue weighted by molar-refractivity contribution is -0.116. The number of nitrogens with zero attached hydrogens (tertiary/aromatic N) is 1. The summed E-state index contributed by atoms with van der Waals surface area (Å²) < 4.78 is 48.6. The van der Waals surface area contributed by atoms with Gasteiger partial charge >= 0.3 is 0 Å². The number of halogens is 2. The van der Waals surface area contributed by atoms with Gasteiger partial charge in [-0.05, 0) is 55.3 Å². The van der Waals surface area contributed by atoms with Crippen LogP contribution in [-0.2, 0) is 14.8 Å². The van der Waals surface area contributed by atoms with Crippen molar-refractivity contribution in [2.24, 2.45) is 0 Å². The van der Waals surface area contributed by atoms with Crippen molar-refractivity contribution in [1.29, 1.82) is 0 Å². The van der Waals surface area contributed by atoms with Crippen molar-refractivity contribution in [2.75, 3.05) is 9.62 Å². The van der Waals surface area contributed by atoms with Crippen molar-refractivity contribution >= 4 is 38.8 Å². The van der Waals surface area contributed by atoms with E-state index in [9.17, 15) is 17.6 Å². The standard InChI is InChI=1S/C23H18ClFN2O4S/c24-15-13-14(10-11-16(15)25)32(29,30)27-19-7-2-1-5-17(19)26-18-6-3-8-20(28)22(18)23(27)21-9-4-12-31-21/h1-2,4-5,7,9-13,23,26H,3,6,8H2/t23-/m0/s1. The summed E-state index contributed by atoms with van der Waals surface area (Å²) in [4.78, 5) is 12.9. The maximum absolute atomic E-state index is 14.0. The number of ketones is 1. The van der Waals surface area contributed by atoms with Crippen molar-refractivity contribution in [3.8, 4) is 0 Å². The number of allylic oxidation sites excluding steroid dienone is 1. The highest BCUT2D eigenvalue weighted by molar-refractivity contribution is 7.92. The molecule has 0 bridgehead atoms. The minimum absolute atomic E-state index is 0.148. The summed E-state index contributed by atoms with van der Waals surface area (Å²) >= 11 is 5.91. The number of furan rings is 1. The Balaban J connectivity index is 1.82. The van der Waals surface area contributed by atoms with Gasteiger partial charge < -0.3 is 9.73 Å². The number of sulfonamides is 1. The third-order valence-electron chi connectivity index (χ3n) is 5.65. The van der Waals surface area contributed by atoms with Crippen LogP contribution in [0.1, 0.15) is 31.1 Å². The number of carbonyl (C=O) groups is 1. The minimum Gasteiger partial charge on any atom is -0.467 e. The van der Waals surface area contributed by atoms with Crippen molar-refractivity contribution in [1.82, 2.24) is 0 Å². The first kappa shape index (κ1) is 20.8. The van der Waals surface area contributed by atoms with Crippen LogP contribution in [-0.4, -0.2) is 14.2 Å². The van der Waals surface area contributed by atoms with Gasteiger partial charge in [-0.25, -0.2) is 17.1 Å². The quantitative estimate of drug-likeness (QED) is 0.549. The number of nitrogens with one attached hydrogen (secondary N) is 1. The number of rotatable bonds is 3. The van der Waals surface area contributed by atoms with Crippen LogP contribution >= 0.6 is 11.6 Å². The van der Waals surface area contributed by atoms with E-state index in [0.717, 1.165) is 18.2 Å². The molecule has 0 saturated heterocycles. The molecule has 0 saturated carbocycles. The van der Waals surface area contributed by atoms with Gasteiger partial charge in [0, 0.05) is 17.7 Å². The first-order valence-electron chi connectivity index (χ1n) is 10.0. The zero-order valence-electron chi connectivity index (χ0n) is 16.7. The van der Waals surface area contributed by atoms with E-state index in [1.807, 2.05) is 0 Å². The molecule has 3 aromatic rings. The fourth-order valence-electron chi connectivity index (χ4n) is 4.22. The first-order chi connectivity index (χ1) is 15.4. The third-order valence-corrected chi connectivity index (χ3v) is 7.72. The molecule has 0 amide bonds. The second-order valence-electron chi connectivity index (χ2n) is 7.61. The first-order valence-corrected chi connectivity index (χ1v) is 11.8. The molecule has 0 unspecified atom stereocenters. The molecule has 1 aliphatic carbocycles. The molecule has 2 aromatic carbocycles. The lowest BCUT2D eigenvalue weighted by Crippen LogP contribution is -2.37. The monoisotopic (exact) mass is 472 g/mol. The fraction of sp³-hybridized carbons (Fsp3) is 0.174. The van der Waals surface area contributed by atoms with Gasteiger partial charge in [-0.1, -0.05) is 23.7 Å². The van der Waals surface area contributed by atoms with E-state index < -0.39 is 21.9 Å². The molecule has 2 aliphatic rings. The Labute approximate surface area is 189 Å². The van der Waals surface area contributed by atoms with Gasteiger partial charge in [-0.15, -0.1) is 0 Å². The maximum atomic E-state index is 14.0. The highest BCUT2D eigenvalue weighted by Gasteiger charge is 2.43. The van der Waals surface area contributed by atoms with Gasteiger partial charge in [0.25, 0.3) is 10.0 Å². The topological polar surface area (TPSA) is 79.6 Å². The smallest absolute Gasteiger partial charge is 0.265 e. The van der Waals surface area contributed by atoms with Crippen LogP contribution in [0.15, 0.2) is 81.4 Å².